The molecule has 2 aromatic carbocycles. The van der Waals surface area contributed by atoms with Gasteiger partial charge in [0.15, 0.2) is 6.61 Å². The van der Waals surface area contributed by atoms with E-state index in [0.717, 1.165) is 5.69 Å². The van der Waals surface area contributed by atoms with Crippen molar-refractivity contribution in [1.29, 1.82) is 0 Å². The molecule has 5 nitrogen and oxygen atoms in total. The standard InChI is InChI=1S/C21H21FN2O3/c22-16-6-8-18(9-7-16)27-14-19(25)23-12-10-21(11-13-23)15-24(20(21)26)17-4-2-1-3-5-17/h1-9H,10-15H2. The first-order chi connectivity index (χ1) is 13.1. The number of para-hydroxylation sites is 1. The fraction of sp³-hybridized carbons (Fsp3) is 0.333. The average molecular weight is 368 g/mol. The van der Waals surface area contributed by atoms with Crippen molar-refractivity contribution in [2.75, 3.05) is 31.1 Å². The first-order valence-corrected chi connectivity index (χ1v) is 9.11. The minimum atomic E-state index is -0.343. The molecule has 0 aliphatic carbocycles. The van der Waals surface area contributed by atoms with Gasteiger partial charge in [-0.3, -0.25) is 9.59 Å². The molecular formula is C21H21FN2O3. The van der Waals surface area contributed by atoms with Gasteiger partial charge < -0.3 is 14.5 Å². The number of carbonyl (C=O) groups is 2. The van der Waals surface area contributed by atoms with E-state index in [1.165, 1.54) is 24.3 Å². The molecule has 2 aromatic rings. The summed E-state index contributed by atoms with van der Waals surface area (Å²) in [5.74, 6) is 0.167. The van der Waals surface area contributed by atoms with Crippen LogP contribution < -0.4 is 9.64 Å². The fourth-order valence-electron chi connectivity index (χ4n) is 3.78. The van der Waals surface area contributed by atoms with Gasteiger partial charge >= 0.3 is 0 Å². The Morgan fingerprint density at radius 3 is 2.33 bits per heavy atom. The van der Waals surface area contributed by atoms with E-state index in [0.29, 0.717) is 38.2 Å². The quantitative estimate of drug-likeness (QED) is 0.780. The lowest BCUT2D eigenvalue weighted by Gasteiger charge is -2.52. The molecule has 0 unspecified atom stereocenters. The number of β-lactam (4-membered cyclic amide) rings is 1. The summed E-state index contributed by atoms with van der Waals surface area (Å²) in [7, 11) is 0. The van der Waals surface area contributed by atoms with Crippen molar-refractivity contribution < 1.29 is 18.7 Å². The van der Waals surface area contributed by atoms with Crippen LogP contribution in [-0.2, 0) is 9.59 Å². The Balaban J connectivity index is 1.28. The summed E-state index contributed by atoms with van der Waals surface area (Å²) in [6.07, 6.45) is 1.36. The number of anilines is 1. The summed E-state index contributed by atoms with van der Waals surface area (Å²) in [6.45, 7) is 1.74. The lowest BCUT2D eigenvalue weighted by atomic mass is 9.71. The molecule has 2 amide bonds. The summed E-state index contributed by atoms with van der Waals surface area (Å²) < 4.78 is 18.3. The van der Waals surface area contributed by atoms with Gasteiger partial charge in [-0.25, -0.2) is 4.39 Å². The molecule has 0 aromatic heterocycles. The molecule has 0 bridgehead atoms. The van der Waals surface area contributed by atoms with Crippen molar-refractivity contribution >= 4 is 17.5 Å². The average Bonchev–Trinajstić information content (AvgIpc) is 2.72. The lowest BCUT2D eigenvalue weighted by molar-refractivity contribution is -0.145. The number of rotatable bonds is 4. The van der Waals surface area contributed by atoms with Gasteiger partial charge in [-0.2, -0.15) is 0 Å². The third-order valence-corrected chi connectivity index (χ3v) is 5.48. The van der Waals surface area contributed by atoms with Crippen LogP contribution in [0, 0.1) is 11.2 Å². The number of carbonyl (C=O) groups excluding carboxylic acids is 2. The van der Waals surface area contributed by atoms with Crippen molar-refractivity contribution in [2.24, 2.45) is 5.41 Å². The minimum Gasteiger partial charge on any atom is -0.484 e. The Morgan fingerprint density at radius 1 is 1.04 bits per heavy atom. The van der Waals surface area contributed by atoms with Crippen LogP contribution in [0.15, 0.2) is 54.6 Å². The van der Waals surface area contributed by atoms with Crippen LogP contribution in [0.2, 0.25) is 0 Å². The Morgan fingerprint density at radius 2 is 1.70 bits per heavy atom. The van der Waals surface area contributed by atoms with E-state index < -0.39 is 0 Å². The summed E-state index contributed by atoms with van der Waals surface area (Å²) in [6, 6.07) is 15.3. The first kappa shape index (κ1) is 17.5. The Hall–Kier alpha value is -2.89. The molecule has 2 fully saturated rings. The normalized spacial score (nSPS) is 18.3. The monoisotopic (exact) mass is 368 g/mol. The number of halogens is 1. The van der Waals surface area contributed by atoms with E-state index in [1.807, 2.05) is 35.2 Å². The van der Waals surface area contributed by atoms with Gasteiger partial charge in [-0.15, -0.1) is 0 Å². The zero-order valence-electron chi connectivity index (χ0n) is 14.9. The summed E-state index contributed by atoms with van der Waals surface area (Å²) >= 11 is 0. The first-order valence-electron chi connectivity index (χ1n) is 9.11. The predicted molar refractivity (Wildman–Crippen MR) is 98.9 cm³/mol. The molecular weight excluding hydrogens is 347 g/mol. The highest BCUT2D eigenvalue weighted by molar-refractivity contribution is 6.04. The molecule has 2 saturated heterocycles. The highest BCUT2D eigenvalue weighted by Crippen LogP contribution is 2.43. The highest BCUT2D eigenvalue weighted by atomic mass is 19.1. The highest BCUT2D eigenvalue weighted by Gasteiger charge is 2.53. The predicted octanol–water partition coefficient (Wildman–Crippen LogP) is 2.86. The fourth-order valence-corrected chi connectivity index (χ4v) is 3.78. The van der Waals surface area contributed by atoms with Gasteiger partial charge in [0.2, 0.25) is 5.91 Å². The number of hydrogen-bond acceptors (Lipinski definition) is 3. The summed E-state index contributed by atoms with van der Waals surface area (Å²) in [4.78, 5) is 28.6. The molecule has 0 radical (unpaired) electrons. The number of nitrogens with zero attached hydrogens (tertiary/aromatic N) is 2. The summed E-state index contributed by atoms with van der Waals surface area (Å²) in [5, 5.41) is 0. The van der Waals surface area contributed by atoms with Gasteiger partial charge in [-0.1, -0.05) is 18.2 Å². The smallest absolute Gasteiger partial charge is 0.260 e. The molecule has 1 spiro atoms. The van der Waals surface area contributed by atoms with Crippen molar-refractivity contribution in [3.8, 4) is 5.75 Å². The number of amides is 2. The van der Waals surface area contributed by atoms with Crippen LogP contribution in [0.1, 0.15) is 12.8 Å². The van der Waals surface area contributed by atoms with E-state index in [4.69, 9.17) is 4.74 Å². The second-order valence-electron chi connectivity index (χ2n) is 7.13. The number of hydrogen-bond donors (Lipinski definition) is 0. The molecule has 4 rings (SSSR count). The van der Waals surface area contributed by atoms with E-state index in [2.05, 4.69) is 0 Å². The topological polar surface area (TPSA) is 49.9 Å². The molecule has 2 aliphatic heterocycles. The molecule has 2 heterocycles. The SMILES string of the molecule is O=C(COc1ccc(F)cc1)N1CCC2(CC1)CN(c1ccccc1)C2=O. The molecule has 2 aliphatic rings. The van der Waals surface area contributed by atoms with E-state index in [-0.39, 0.29) is 29.7 Å². The van der Waals surface area contributed by atoms with Crippen LogP contribution in [0.4, 0.5) is 10.1 Å². The number of likely N-dealkylation sites (tertiary alicyclic amines) is 1. The molecule has 140 valence electrons. The Kier molecular flexibility index (Phi) is 4.56. The summed E-state index contributed by atoms with van der Waals surface area (Å²) in [5.41, 5.74) is 0.601. The van der Waals surface area contributed by atoms with E-state index in [1.54, 1.807) is 4.90 Å². The van der Waals surface area contributed by atoms with Gasteiger partial charge in [0.1, 0.15) is 11.6 Å². The van der Waals surface area contributed by atoms with E-state index in [9.17, 15) is 14.0 Å². The number of ether oxygens (including phenoxy) is 1. The second-order valence-corrected chi connectivity index (χ2v) is 7.13. The number of piperidine rings is 1. The van der Waals surface area contributed by atoms with Gasteiger partial charge in [0.25, 0.3) is 5.91 Å². The molecule has 0 atom stereocenters. The van der Waals surface area contributed by atoms with Crippen molar-refractivity contribution in [3.05, 3.63) is 60.4 Å². The molecule has 0 saturated carbocycles. The third-order valence-electron chi connectivity index (χ3n) is 5.48. The van der Waals surface area contributed by atoms with Crippen LogP contribution in [-0.4, -0.2) is 43.0 Å². The van der Waals surface area contributed by atoms with Crippen LogP contribution in [0.5, 0.6) is 5.75 Å². The minimum absolute atomic E-state index is 0.0806. The van der Waals surface area contributed by atoms with Gasteiger partial charge in [0.05, 0.1) is 5.41 Å². The molecule has 27 heavy (non-hydrogen) atoms. The van der Waals surface area contributed by atoms with Crippen LogP contribution in [0.3, 0.4) is 0 Å². The zero-order chi connectivity index (χ0) is 18.9. The van der Waals surface area contributed by atoms with Crippen LogP contribution in [0.25, 0.3) is 0 Å². The Labute approximate surface area is 157 Å². The maximum Gasteiger partial charge on any atom is 0.260 e. The largest absolute Gasteiger partial charge is 0.484 e. The maximum atomic E-state index is 12.9. The lowest BCUT2D eigenvalue weighted by Crippen LogP contribution is -2.65. The molecule has 6 heteroatoms. The van der Waals surface area contributed by atoms with Gasteiger partial charge in [-0.05, 0) is 49.2 Å². The van der Waals surface area contributed by atoms with Crippen molar-refractivity contribution in [1.82, 2.24) is 4.90 Å². The van der Waals surface area contributed by atoms with Gasteiger partial charge in [0, 0.05) is 25.3 Å². The molecule has 0 N–H and O–H groups in total. The second kappa shape index (κ2) is 7.02. The maximum absolute atomic E-state index is 12.9. The van der Waals surface area contributed by atoms with Crippen molar-refractivity contribution in [2.45, 2.75) is 12.8 Å². The van der Waals surface area contributed by atoms with Crippen LogP contribution >= 0.6 is 0 Å². The number of benzene rings is 2. The Bertz CT molecular complexity index is 830. The van der Waals surface area contributed by atoms with E-state index >= 15 is 0 Å². The zero-order valence-corrected chi connectivity index (χ0v) is 14.9. The third kappa shape index (κ3) is 3.39. The van der Waals surface area contributed by atoms with Crippen molar-refractivity contribution in [3.63, 3.8) is 0 Å².